The second-order valence-electron chi connectivity index (χ2n) is 5.72. The van der Waals surface area contributed by atoms with Crippen molar-refractivity contribution in [1.82, 2.24) is 4.90 Å². The highest BCUT2D eigenvalue weighted by Crippen LogP contribution is 2.33. The minimum atomic E-state index is 0.208. The molecular formula is C16H22N2O. The van der Waals surface area contributed by atoms with E-state index in [1.807, 2.05) is 18.2 Å². The third-order valence-electron chi connectivity index (χ3n) is 4.61. The molecule has 3 nitrogen and oxygen atoms in total. The Bertz CT molecular complexity index is 485. The summed E-state index contributed by atoms with van der Waals surface area (Å²) in [5, 5.41) is 0. The molecule has 2 heterocycles. The lowest BCUT2D eigenvalue weighted by Crippen LogP contribution is -2.43. The molecule has 0 radical (unpaired) electrons. The van der Waals surface area contributed by atoms with Gasteiger partial charge >= 0.3 is 0 Å². The lowest BCUT2D eigenvalue weighted by molar-refractivity contribution is 0.0685. The van der Waals surface area contributed by atoms with E-state index in [-0.39, 0.29) is 5.91 Å². The number of hydrogen-bond donors (Lipinski definition) is 0. The number of benzene rings is 1. The molecule has 0 saturated carbocycles. The number of hydrogen-bond acceptors (Lipinski definition) is 2. The van der Waals surface area contributed by atoms with Crippen molar-refractivity contribution in [2.24, 2.45) is 0 Å². The number of carbonyl (C=O) groups is 1. The highest BCUT2D eigenvalue weighted by atomic mass is 16.2. The van der Waals surface area contributed by atoms with Crippen molar-refractivity contribution in [2.45, 2.75) is 45.2 Å². The molecule has 1 aromatic rings. The molecule has 102 valence electrons. The SMILES string of the molecule is CCC(C)N1CC2CCCN2c2ccccc2C1=O. The predicted octanol–water partition coefficient (Wildman–Crippen LogP) is 2.91. The fraction of sp³-hybridized carbons (Fsp3) is 0.562. The van der Waals surface area contributed by atoms with Gasteiger partial charge in [0.1, 0.15) is 0 Å². The number of fused-ring (bicyclic) bond motifs is 3. The summed E-state index contributed by atoms with van der Waals surface area (Å²) in [6.07, 6.45) is 3.46. The van der Waals surface area contributed by atoms with Gasteiger partial charge in [-0.3, -0.25) is 4.79 Å². The van der Waals surface area contributed by atoms with E-state index in [1.165, 1.54) is 12.8 Å². The van der Waals surface area contributed by atoms with E-state index >= 15 is 0 Å². The Balaban J connectivity index is 2.05. The molecule has 1 fully saturated rings. The normalized spacial score (nSPS) is 23.9. The molecule has 1 saturated heterocycles. The maximum Gasteiger partial charge on any atom is 0.256 e. The van der Waals surface area contributed by atoms with Crippen molar-refractivity contribution >= 4 is 11.6 Å². The summed E-state index contributed by atoms with van der Waals surface area (Å²) in [6.45, 7) is 6.28. The molecule has 3 heteroatoms. The molecule has 2 aliphatic rings. The summed E-state index contributed by atoms with van der Waals surface area (Å²) >= 11 is 0. The molecule has 1 aromatic carbocycles. The Labute approximate surface area is 115 Å². The third-order valence-corrected chi connectivity index (χ3v) is 4.61. The minimum Gasteiger partial charge on any atom is -0.366 e. The van der Waals surface area contributed by atoms with E-state index < -0.39 is 0 Å². The van der Waals surface area contributed by atoms with E-state index in [2.05, 4.69) is 29.7 Å². The van der Waals surface area contributed by atoms with Gasteiger partial charge in [0.05, 0.1) is 5.56 Å². The fourth-order valence-electron chi connectivity index (χ4n) is 3.31. The van der Waals surface area contributed by atoms with E-state index in [0.29, 0.717) is 12.1 Å². The number of nitrogens with zero attached hydrogens (tertiary/aromatic N) is 2. The molecule has 0 aliphatic carbocycles. The lowest BCUT2D eigenvalue weighted by Gasteiger charge is -2.31. The molecule has 2 unspecified atom stereocenters. The Kier molecular flexibility index (Phi) is 3.21. The standard InChI is InChI=1S/C16H22N2O/c1-3-12(2)18-11-13-7-6-10-17(13)15-9-5-4-8-14(15)16(18)19/h4-5,8-9,12-13H,3,6-7,10-11H2,1-2H3. The zero-order chi connectivity index (χ0) is 13.4. The van der Waals surface area contributed by atoms with E-state index in [4.69, 9.17) is 0 Å². The van der Waals surface area contributed by atoms with Gasteiger partial charge < -0.3 is 9.80 Å². The van der Waals surface area contributed by atoms with Crippen LogP contribution in [0.3, 0.4) is 0 Å². The van der Waals surface area contributed by atoms with E-state index in [0.717, 1.165) is 30.8 Å². The van der Waals surface area contributed by atoms with Crippen molar-refractivity contribution in [3.05, 3.63) is 29.8 Å². The van der Waals surface area contributed by atoms with Crippen molar-refractivity contribution in [3.63, 3.8) is 0 Å². The lowest BCUT2D eigenvalue weighted by atomic mass is 10.1. The first-order valence-electron chi connectivity index (χ1n) is 7.39. The number of anilines is 1. The average Bonchev–Trinajstić information content (AvgIpc) is 2.87. The Morgan fingerprint density at radius 2 is 2.16 bits per heavy atom. The van der Waals surface area contributed by atoms with Gasteiger partial charge in [-0.2, -0.15) is 0 Å². The summed E-state index contributed by atoms with van der Waals surface area (Å²) in [5.74, 6) is 0.208. The minimum absolute atomic E-state index is 0.208. The summed E-state index contributed by atoms with van der Waals surface area (Å²) in [6, 6.07) is 8.92. The molecule has 3 rings (SSSR count). The van der Waals surface area contributed by atoms with Gasteiger partial charge in [0.15, 0.2) is 0 Å². The quantitative estimate of drug-likeness (QED) is 0.814. The number of rotatable bonds is 2. The maximum atomic E-state index is 12.8. The van der Waals surface area contributed by atoms with Crippen molar-refractivity contribution < 1.29 is 4.79 Å². The topological polar surface area (TPSA) is 23.6 Å². The van der Waals surface area contributed by atoms with Gasteiger partial charge in [0.25, 0.3) is 5.91 Å². The van der Waals surface area contributed by atoms with Gasteiger partial charge in [0.2, 0.25) is 0 Å². The monoisotopic (exact) mass is 258 g/mol. The highest BCUT2D eigenvalue weighted by molar-refractivity contribution is 6.00. The second kappa shape index (κ2) is 4.87. The summed E-state index contributed by atoms with van der Waals surface area (Å²) in [7, 11) is 0. The van der Waals surface area contributed by atoms with E-state index in [9.17, 15) is 4.79 Å². The maximum absolute atomic E-state index is 12.8. The van der Waals surface area contributed by atoms with Gasteiger partial charge in [-0.05, 0) is 38.3 Å². The van der Waals surface area contributed by atoms with Crippen LogP contribution < -0.4 is 4.90 Å². The first-order chi connectivity index (χ1) is 9.22. The second-order valence-corrected chi connectivity index (χ2v) is 5.72. The third kappa shape index (κ3) is 2.01. The number of amides is 1. The molecular weight excluding hydrogens is 236 g/mol. The van der Waals surface area contributed by atoms with Crippen molar-refractivity contribution in [1.29, 1.82) is 0 Å². The molecule has 2 atom stereocenters. The molecule has 0 bridgehead atoms. The van der Waals surface area contributed by atoms with Gasteiger partial charge in [-0.15, -0.1) is 0 Å². The Hall–Kier alpha value is -1.51. The molecule has 19 heavy (non-hydrogen) atoms. The first-order valence-corrected chi connectivity index (χ1v) is 7.39. The predicted molar refractivity (Wildman–Crippen MR) is 77.6 cm³/mol. The van der Waals surface area contributed by atoms with Crippen LogP contribution in [0.2, 0.25) is 0 Å². The van der Waals surface area contributed by atoms with Crippen LogP contribution in [0.25, 0.3) is 0 Å². The highest BCUT2D eigenvalue weighted by Gasteiger charge is 2.36. The van der Waals surface area contributed by atoms with Gasteiger partial charge in [-0.1, -0.05) is 19.1 Å². The molecule has 0 N–H and O–H groups in total. The van der Waals surface area contributed by atoms with Gasteiger partial charge in [0, 0.05) is 30.9 Å². The van der Waals surface area contributed by atoms with Crippen LogP contribution in [0.15, 0.2) is 24.3 Å². The summed E-state index contributed by atoms with van der Waals surface area (Å²) in [4.78, 5) is 17.3. The summed E-state index contributed by atoms with van der Waals surface area (Å²) < 4.78 is 0. The number of carbonyl (C=O) groups excluding carboxylic acids is 1. The van der Waals surface area contributed by atoms with E-state index in [1.54, 1.807) is 0 Å². The van der Waals surface area contributed by atoms with Crippen LogP contribution in [0.1, 0.15) is 43.5 Å². The molecule has 0 spiro atoms. The largest absolute Gasteiger partial charge is 0.366 e. The van der Waals surface area contributed by atoms with Crippen LogP contribution in [-0.2, 0) is 0 Å². The zero-order valence-electron chi connectivity index (χ0n) is 11.8. The van der Waals surface area contributed by atoms with Crippen LogP contribution in [0.5, 0.6) is 0 Å². The molecule has 1 amide bonds. The molecule has 2 aliphatic heterocycles. The van der Waals surface area contributed by atoms with Crippen LogP contribution in [-0.4, -0.2) is 36.0 Å². The molecule has 0 aromatic heterocycles. The van der Waals surface area contributed by atoms with Crippen LogP contribution in [0.4, 0.5) is 5.69 Å². The zero-order valence-corrected chi connectivity index (χ0v) is 11.8. The number of para-hydroxylation sites is 1. The van der Waals surface area contributed by atoms with Crippen molar-refractivity contribution in [3.8, 4) is 0 Å². The first kappa shape index (κ1) is 12.5. The fourth-order valence-corrected chi connectivity index (χ4v) is 3.31. The Morgan fingerprint density at radius 3 is 2.95 bits per heavy atom. The van der Waals surface area contributed by atoms with Crippen LogP contribution >= 0.6 is 0 Å². The van der Waals surface area contributed by atoms with Gasteiger partial charge in [-0.25, -0.2) is 0 Å². The Morgan fingerprint density at radius 1 is 1.37 bits per heavy atom. The average molecular weight is 258 g/mol. The summed E-state index contributed by atoms with van der Waals surface area (Å²) in [5.41, 5.74) is 2.02. The smallest absolute Gasteiger partial charge is 0.256 e. The van der Waals surface area contributed by atoms with Crippen LogP contribution in [0, 0.1) is 0 Å². The van der Waals surface area contributed by atoms with Crippen molar-refractivity contribution in [2.75, 3.05) is 18.0 Å².